The molecule has 2 atom stereocenters. The Labute approximate surface area is 116 Å². The topological polar surface area (TPSA) is 46.3 Å². The molecule has 1 amide bonds. The molecule has 2 rings (SSSR count). The van der Waals surface area contributed by atoms with Gasteiger partial charge in [0.05, 0.1) is 5.56 Å². The monoisotopic (exact) mass is 310 g/mol. The van der Waals surface area contributed by atoms with Gasteiger partial charge < -0.3 is 10.6 Å². The second kappa shape index (κ2) is 5.31. The van der Waals surface area contributed by atoms with Crippen LogP contribution in [0.5, 0.6) is 0 Å². The Kier molecular flexibility index (Phi) is 3.95. The molecule has 1 aromatic carbocycles. The first-order valence-electron chi connectivity index (χ1n) is 6.35. The molecule has 0 aromatic heterocycles. The minimum atomic E-state index is 0.0550. The molecule has 0 bridgehead atoms. The largest absolute Gasteiger partial charge is 0.398 e. The minimum absolute atomic E-state index is 0.0550. The molecule has 1 aliphatic heterocycles. The van der Waals surface area contributed by atoms with Crippen LogP contribution in [0.2, 0.25) is 0 Å². The van der Waals surface area contributed by atoms with Crippen LogP contribution < -0.4 is 5.73 Å². The third-order valence-corrected chi connectivity index (χ3v) is 4.14. The zero-order chi connectivity index (χ0) is 13.3. The second-order valence-electron chi connectivity index (χ2n) is 5.21. The highest BCUT2D eigenvalue weighted by Crippen LogP contribution is 2.26. The van der Waals surface area contributed by atoms with Crippen LogP contribution in [0.4, 0.5) is 5.69 Å². The van der Waals surface area contributed by atoms with E-state index in [9.17, 15) is 4.79 Å². The number of amides is 1. The van der Waals surface area contributed by atoms with Crippen LogP contribution in [0.15, 0.2) is 22.7 Å². The fraction of sp³-hybridized carbons (Fsp3) is 0.500. The van der Waals surface area contributed by atoms with E-state index in [2.05, 4.69) is 29.8 Å². The van der Waals surface area contributed by atoms with Gasteiger partial charge in [0.25, 0.3) is 5.91 Å². The first kappa shape index (κ1) is 13.4. The number of benzene rings is 1. The van der Waals surface area contributed by atoms with Gasteiger partial charge in [0.2, 0.25) is 0 Å². The highest BCUT2D eigenvalue weighted by Gasteiger charge is 2.28. The summed E-state index contributed by atoms with van der Waals surface area (Å²) in [6.45, 7) is 5.19. The smallest absolute Gasteiger partial charge is 0.256 e. The van der Waals surface area contributed by atoms with E-state index in [0.29, 0.717) is 23.2 Å². The van der Waals surface area contributed by atoms with Crippen LogP contribution in [-0.4, -0.2) is 23.4 Å². The number of carbonyl (C=O) groups excluding carboxylic acids is 1. The van der Waals surface area contributed by atoms with Gasteiger partial charge in [0, 0.05) is 22.7 Å². The van der Waals surface area contributed by atoms with Gasteiger partial charge in [0.1, 0.15) is 0 Å². The molecule has 0 saturated carbocycles. The molecular formula is C14H19BrN2O. The predicted molar refractivity (Wildman–Crippen MR) is 77.5 cm³/mol. The van der Waals surface area contributed by atoms with Crippen molar-refractivity contribution in [3.63, 3.8) is 0 Å². The number of piperidine rings is 1. The second-order valence-corrected chi connectivity index (χ2v) is 6.12. The maximum absolute atomic E-state index is 12.5. The SMILES string of the molecule is CC1CCN(C(=O)c2ccc(Br)cc2N)C(C)C1. The van der Waals surface area contributed by atoms with Crippen molar-refractivity contribution in [2.75, 3.05) is 12.3 Å². The molecule has 1 aromatic rings. The molecule has 1 aliphatic rings. The van der Waals surface area contributed by atoms with Gasteiger partial charge in [-0.1, -0.05) is 22.9 Å². The maximum Gasteiger partial charge on any atom is 0.256 e. The first-order chi connectivity index (χ1) is 8.49. The average Bonchev–Trinajstić information content (AvgIpc) is 2.28. The van der Waals surface area contributed by atoms with E-state index in [-0.39, 0.29) is 5.91 Å². The Bertz CT molecular complexity index is 461. The number of nitrogens with two attached hydrogens (primary N) is 1. The van der Waals surface area contributed by atoms with Gasteiger partial charge in [0.15, 0.2) is 0 Å². The number of hydrogen-bond donors (Lipinski definition) is 1. The van der Waals surface area contributed by atoms with Crippen molar-refractivity contribution in [2.24, 2.45) is 5.92 Å². The van der Waals surface area contributed by atoms with Crippen molar-refractivity contribution >= 4 is 27.5 Å². The Morgan fingerprint density at radius 1 is 1.44 bits per heavy atom. The fourth-order valence-corrected chi connectivity index (χ4v) is 2.97. The molecule has 98 valence electrons. The quantitative estimate of drug-likeness (QED) is 0.809. The van der Waals surface area contributed by atoms with Crippen molar-refractivity contribution < 1.29 is 4.79 Å². The lowest BCUT2D eigenvalue weighted by molar-refractivity contribution is 0.0589. The Balaban J connectivity index is 2.20. The van der Waals surface area contributed by atoms with E-state index in [4.69, 9.17) is 5.73 Å². The minimum Gasteiger partial charge on any atom is -0.398 e. The van der Waals surface area contributed by atoms with Crippen LogP contribution in [0.25, 0.3) is 0 Å². The van der Waals surface area contributed by atoms with Gasteiger partial charge in [-0.15, -0.1) is 0 Å². The van der Waals surface area contributed by atoms with Gasteiger partial charge in [-0.3, -0.25) is 4.79 Å². The Hall–Kier alpha value is -1.03. The van der Waals surface area contributed by atoms with E-state index in [1.165, 1.54) is 0 Å². The number of rotatable bonds is 1. The lowest BCUT2D eigenvalue weighted by atomic mass is 9.93. The van der Waals surface area contributed by atoms with E-state index in [0.717, 1.165) is 23.9 Å². The number of nitrogens with zero attached hydrogens (tertiary/aromatic N) is 1. The Morgan fingerprint density at radius 3 is 2.78 bits per heavy atom. The lowest BCUT2D eigenvalue weighted by Gasteiger charge is -2.36. The third kappa shape index (κ3) is 2.69. The van der Waals surface area contributed by atoms with Crippen molar-refractivity contribution in [3.05, 3.63) is 28.2 Å². The van der Waals surface area contributed by atoms with Crippen molar-refractivity contribution in [3.8, 4) is 0 Å². The summed E-state index contributed by atoms with van der Waals surface area (Å²) in [5, 5.41) is 0. The molecule has 1 fully saturated rings. The van der Waals surface area contributed by atoms with Gasteiger partial charge in [-0.25, -0.2) is 0 Å². The molecule has 3 nitrogen and oxygen atoms in total. The summed E-state index contributed by atoms with van der Waals surface area (Å²) in [7, 11) is 0. The summed E-state index contributed by atoms with van der Waals surface area (Å²) < 4.78 is 0.900. The zero-order valence-corrected chi connectivity index (χ0v) is 12.4. The lowest BCUT2D eigenvalue weighted by Crippen LogP contribution is -2.44. The van der Waals surface area contributed by atoms with E-state index in [1.54, 1.807) is 12.1 Å². The zero-order valence-electron chi connectivity index (χ0n) is 10.8. The fourth-order valence-electron chi connectivity index (χ4n) is 2.59. The molecule has 2 N–H and O–H groups in total. The molecule has 4 heteroatoms. The van der Waals surface area contributed by atoms with Crippen molar-refractivity contribution in [1.29, 1.82) is 0 Å². The molecule has 0 aliphatic carbocycles. The van der Waals surface area contributed by atoms with Crippen LogP contribution in [0, 0.1) is 5.92 Å². The van der Waals surface area contributed by atoms with Crippen LogP contribution in [-0.2, 0) is 0 Å². The highest BCUT2D eigenvalue weighted by atomic mass is 79.9. The number of halogens is 1. The van der Waals surface area contributed by atoms with Gasteiger partial charge in [-0.2, -0.15) is 0 Å². The van der Waals surface area contributed by atoms with Gasteiger partial charge in [-0.05, 0) is 43.9 Å². The molecule has 2 unspecified atom stereocenters. The molecule has 0 spiro atoms. The number of anilines is 1. The number of likely N-dealkylation sites (tertiary alicyclic amines) is 1. The summed E-state index contributed by atoms with van der Waals surface area (Å²) in [6.07, 6.45) is 2.15. The van der Waals surface area contributed by atoms with Crippen LogP contribution in [0.3, 0.4) is 0 Å². The van der Waals surface area contributed by atoms with Crippen LogP contribution in [0.1, 0.15) is 37.0 Å². The summed E-state index contributed by atoms with van der Waals surface area (Å²) >= 11 is 3.36. The first-order valence-corrected chi connectivity index (χ1v) is 7.14. The normalized spacial score (nSPS) is 24.1. The summed E-state index contributed by atoms with van der Waals surface area (Å²) in [5.74, 6) is 0.755. The van der Waals surface area contributed by atoms with Crippen LogP contribution >= 0.6 is 15.9 Å². The van der Waals surface area contributed by atoms with E-state index in [1.807, 2.05) is 11.0 Å². The number of hydrogen-bond acceptors (Lipinski definition) is 2. The molecular weight excluding hydrogens is 292 g/mol. The van der Waals surface area contributed by atoms with E-state index >= 15 is 0 Å². The van der Waals surface area contributed by atoms with Crippen molar-refractivity contribution in [2.45, 2.75) is 32.7 Å². The molecule has 0 radical (unpaired) electrons. The third-order valence-electron chi connectivity index (χ3n) is 3.64. The van der Waals surface area contributed by atoms with Crippen molar-refractivity contribution in [1.82, 2.24) is 4.90 Å². The maximum atomic E-state index is 12.5. The summed E-state index contributed by atoms with van der Waals surface area (Å²) in [5.41, 5.74) is 7.08. The van der Waals surface area contributed by atoms with E-state index < -0.39 is 0 Å². The number of nitrogen functional groups attached to an aromatic ring is 1. The Morgan fingerprint density at radius 2 is 2.17 bits per heavy atom. The molecule has 18 heavy (non-hydrogen) atoms. The highest BCUT2D eigenvalue weighted by molar-refractivity contribution is 9.10. The average molecular weight is 311 g/mol. The standard InChI is InChI=1S/C14H19BrN2O/c1-9-5-6-17(10(2)7-9)14(18)12-4-3-11(15)8-13(12)16/h3-4,8-10H,5-7,16H2,1-2H3. The number of carbonyl (C=O) groups is 1. The molecule has 1 saturated heterocycles. The summed E-state index contributed by atoms with van der Waals surface area (Å²) in [4.78, 5) is 14.4. The molecule has 1 heterocycles. The summed E-state index contributed by atoms with van der Waals surface area (Å²) in [6, 6.07) is 5.74. The predicted octanol–water partition coefficient (Wildman–Crippen LogP) is 3.29. The van der Waals surface area contributed by atoms with Gasteiger partial charge >= 0.3 is 0 Å².